The van der Waals surface area contributed by atoms with E-state index in [1.807, 2.05) is 4.90 Å². The molecule has 3 rings (SSSR count). The van der Waals surface area contributed by atoms with E-state index in [1.165, 1.54) is 16.8 Å². The monoisotopic (exact) mass is 404 g/mol. The summed E-state index contributed by atoms with van der Waals surface area (Å²) in [6, 6.07) is 4.59. The number of nitrogens with zero attached hydrogens (tertiary/aromatic N) is 2. The minimum absolute atomic E-state index is 0.0220. The van der Waals surface area contributed by atoms with Gasteiger partial charge in [-0.05, 0) is 25.0 Å². The van der Waals surface area contributed by atoms with Gasteiger partial charge in [0.05, 0.1) is 10.0 Å². The summed E-state index contributed by atoms with van der Waals surface area (Å²) in [4.78, 5) is 14.4. The number of halogens is 2. The van der Waals surface area contributed by atoms with Crippen LogP contribution in [-0.4, -0.2) is 49.7 Å². The number of carbonyl (C=O) groups is 1. The van der Waals surface area contributed by atoms with Gasteiger partial charge in [0, 0.05) is 32.1 Å². The molecule has 25 heavy (non-hydrogen) atoms. The van der Waals surface area contributed by atoms with Crippen molar-refractivity contribution in [2.45, 2.75) is 37.0 Å². The van der Waals surface area contributed by atoms with E-state index in [1.54, 1.807) is 12.1 Å². The van der Waals surface area contributed by atoms with Crippen molar-refractivity contribution in [2.75, 3.05) is 26.2 Å². The Morgan fingerprint density at radius 1 is 1.00 bits per heavy atom. The SMILES string of the molecule is O=C(C1CCCCC1)N1CCN(S(=O)(=O)c2cccc(Cl)c2Cl)CC1. The van der Waals surface area contributed by atoms with Crippen molar-refractivity contribution in [1.82, 2.24) is 9.21 Å². The lowest BCUT2D eigenvalue weighted by Gasteiger charge is -2.36. The second-order valence-corrected chi connectivity index (χ2v) is 9.31. The van der Waals surface area contributed by atoms with Crippen molar-refractivity contribution in [3.8, 4) is 0 Å². The van der Waals surface area contributed by atoms with E-state index >= 15 is 0 Å². The largest absolute Gasteiger partial charge is 0.340 e. The van der Waals surface area contributed by atoms with Gasteiger partial charge in [-0.15, -0.1) is 0 Å². The third kappa shape index (κ3) is 3.97. The highest BCUT2D eigenvalue weighted by Crippen LogP contribution is 2.31. The standard InChI is InChI=1S/C17H22Cl2N2O3S/c18-14-7-4-8-15(16(14)19)25(23,24)21-11-9-20(10-12-21)17(22)13-5-2-1-3-6-13/h4,7-8,13H,1-3,5-6,9-12H2. The highest BCUT2D eigenvalue weighted by atomic mass is 35.5. The van der Waals surface area contributed by atoms with Crippen molar-refractivity contribution < 1.29 is 13.2 Å². The zero-order chi connectivity index (χ0) is 18.0. The molecule has 138 valence electrons. The third-order valence-corrected chi connectivity index (χ3v) is 7.91. The fraction of sp³-hybridized carbons (Fsp3) is 0.588. The number of sulfonamides is 1. The van der Waals surface area contributed by atoms with Crippen LogP contribution < -0.4 is 0 Å². The maximum atomic E-state index is 12.8. The Morgan fingerprint density at radius 3 is 2.28 bits per heavy atom. The zero-order valence-electron chi connectivity index (χ0n) is 14.0. The number of benzene rings is 1. The van der Waals surface area contributed by atoms with Crippen LogP contribution in [0.1, 0.15) is 32.1 Å². The molecular formula is C17H22Cl2N2O3S. The molecule has 1 saturated carbocycles. The number of hydrogen-bond acceptors (Lipinski definition) is 3. The lowest BCUT2D eigenvalue weighted by atomic mass is 9.88. The molecule has 0 unspecified atom stereocenters. The van der Waals surface area contributed by atoms with Crippen LogP contribution >= 0.6 is 23.2 Å². The lowest BCUT2D eigenvalue weighted by molar-refractivity contribution is -0.137. The molecular weight excluding hydrogens is 383 g/mol. The molecule has 1 aliphatic heterocycles. The van der Waals surface area contributed by atoms with Gasteiger partial charge in [-0.3, -0.25) is 4.79 Å². The number of amides is 1. The highest BCUT2D eigenvalue weighted by Gasteiger charge is 2.34. The van der Waals surface area contributed by atoms with Gasteiger partial charge in [0.1, 0.15) is 4.90 Å². The second kappa shape index (κ2) is 7.82. The maximum Gasteiger partial charge on any atom is 0.244 e. The van der Waals surface area contributed by atoms with Gasteiger partial charge < -0.3 is 4.90 Å². The van der Waals surface area contributed by atoms with E-state index < -0.39 is 10.0 Å². The van der Waals surface area contributed by atoms with Gasteiger partial charge in [0.15, 0.2) is 0 Å². The average Bonchev–Trinajstić information content (AvgIpc) is 2.64. The van der Waals surface area contributed by atoms with Crippen LogP contribution in [0.4, 0.5) is 0 Å². The van der Waals surface area contributed by atoms with Gasteiger partial charge >= 0.3 is 0 Å². The molecule has 0 aromatic heterocycles. The summed E-state index contributed by atoms with van der Waals surface area (Å²) in [5, 5.41) is 0.263. The van der Waals surface area contributed by atoms with Gasteiger partial charge in [-0.2, -0.15) is 4.31 Å². The molecule has 0 bridgehead atoms. The lowest BCUT2D eigenvalue weighted by Crippen LogP contribution is -2.52. The Kier molecular flexibility index (Phi) is 5.93. The van der Waals surface area contributed by atoms with E-state index in [0.717, 1.165) is 25.7 Å². The van der Waals surface area contributed by atoms with E-state index in [0.29, 0.717) is 13.1 Å². The van der Waals surface area contributed by atoms with E-state index in [9.17, 15) is 13.2 Å². The fourth-order valence-corrected chi connectivity index (χ4v) is 5.74. The molecule has 1 saturated heterocycles. The first kappa shape index (κ1) is 19.0. The Bertz CT molecular complexity index is 740. The van der Waals surface area contributed by atoms with Crippen molar-refractivity contribution in [3.63, 3.8) is 0 Å². The predicted molar refractivity (Wildman–Crippen MR) is 98.4 cm³/mol. The fourth-order valence-electron chi connectivity index (χ4n) is 3.58. The molecule has 0 spiro atoms. The summed E-state index contributed by atoms with van der Waals surface area (Å²) in [5.74, 6) is 0.289. The molecule has 2 aliphatic rings. The maximum absolute atomic E-state index is 12.8. The molecule has 8 heteroatoms. The number of piperazine rings is 1. The van der Waals surface area contributed by atoms with Crippen LogP contribution in [0.5, 0.6) is 0 Å². The summed E-state index contributed by atoms with van der Waals surface area (Å²) in [6.45, 7) is 1.41. The smallest absolute Gasteiger partial charge is 0.244 e. The second-order valence-electron chi connectivity index (χ2n) is 6.62. The molecule has 0 radical (unpaired) electrons. The van der Waals surface area contributed by atoms with Gasteiger partial charge in [0.2, 0.25) is 15.9 Å². The van der Waals surface area contributed by atoms with E-state index in [-0.39, 0.29) is 39.9 Å². The van der Waals surface area contributed by atoms with Crippen molar-refractivity contribution in [1.29, 1.82) is 0 Å². The number of carbonyl (C=O) groups excluding carboxylic acids is 1. The topological polar surface area (TPSA) is 57.7 Å². The molecule has 0 N–H and O–H groups in total. The summed E-state index contributed by atoms with van der Waals surface area (Å²) >= 11 is 12.0. The summed E-state index contributed by atoms with van der Waals surface area (Å²) in [6.07, 6.45) is 5.33. The minimum atomic E-state index is -3.71. The van der Waals surface area contributed by atoms with Crippen molar-refractivity contribution >= 4 is 39.1 Å². The Balaban J connectivity index is 1.67. The minimum Gasteiger partial charge on any atom is -0.340 e. The molecule has 1 amide bonds. The zero-order valence-corrected chi connectivity index (χ0v) is 16.3. The Morgan fingerprint density at radius 2 is 1.64 bits per heavy atom. The Labute approximate surface area is 158 Å². The van der Waals surface area contributed by atoms with Gasteiger partial charge in [0.25, 0.3) is 0 Å². The van der Waals surface area contributed by atoms with Crippen LogP contribution in [0, 0.1) is 5.92 Å². The summed E-state index contributed by atoms with van der Waals surface area (Å²) < 4.78 is 27.0. The molecule has 1 aromatic rings. The number of rotatable bonds is 3. The summed E-state index contributed by atoms with van der Waals surface area (Å²) in [7, 11) is -3.71. The van der Waals surface area contributed by atoms with Crippen molar-refractivity contribution in [2.24, 2.45) is 5.92 Å². The molecule has 2 fully saturated rings. The molecule has 1 heterocycles. The van der Waals surface area contributed by atoms with Crippen LogP contribution in [0.3, 0.4) is 0 Å². The first-order chi connectivity index (χ1) is 11.9. The summed E-state index contributed by atoms with van der Waals surface area (Å²) in [5.41, 5.74) is 0. The Hall–Kier alpha value is -0.820. The molecule has 1 aromatic carbocycles. The third-order valence-electron chi connectivity index (χ3n) is 5.04. The van der Waals surface area contributed by atoms with Crippen LogP contribution in [-0.2, 0) is 14.8 Å². The first-order valence-corrected chi connectivity index (χ1v) is 10.8. The van der Waals surface area contributed by atoms with Crippen LogP contribution in [0.15, 0.2) is 23.1 Å². The number of hydrogen-bond donors (Lipinski definition) is 0. The first-order valence-electron chi connectivity index (χ1n) is 8.64. The quantitative estimate of drug-likeness (QED) is 0.775. The highest BCUT2D eigenvalue weighted by molar-refractivity contribution is 7.89. The molecule has 5 nitrogen and oxygen atoms in total. The normalized spacial score (nSPS) is 20.6. The van der Waals surface area contributed by atoms with Gasteiger partial charge in [-0.1, -0.05) is 48.5 Å². The molecule has 1 aliphatic carbocycles. The van der Waals surface area contributed by atoms with E-state index in [4.69, 9.17) is 23.2 Å². The van der Waals surface area contributed by atoms with E-state index in [2.05, 4.69) is 0 Å². The molecule has 0 atom stereocenters. The predicted octanol–water partition coefficient (Wildman–Crippen LogP) is 3.41. The van der Waals surface area contributed by atoms with Crippen molar-refractivity contribution in [3.05, 3.63) is 28.2 Å². The van der Waals surface area contributed by atoms with Crippen LogP contribution in [0.25, 0.3) is 0 Å². The van der Waals surface area contributed by atoms with Crippen LogP contribution in [0.2, 0.25) is 10.0 Å². The average molecular weight is 405 g/mol. The van der Waals surface area contributed by atoms with Gasteiger partial charge in [-0.25, -0.2) is 8.42 Å².